The second kappa shape index (κ2) is 7.10. The van der Waals surface area contributed by atoms with Crippen LogP contribution in [0.3, 0.4) is 0 Å². The van der Waals surface area contributed by atoms with Crippen molar-refractivity contribution in [3.05, 3.63) is 0 Å². The van der Waals surface area contributed by atoms with Crippen LogP contribution in [0.4, 0.5) is 4.79 Å². The van der Waals surface area contributed by atoms with Crippen LogP contribution >= 0.6 is 0 Å². The van der Waals surface area contributed by atoms with E-state index >= 15 is 0 Å². The smallest absolute Gasteiger partial charge is 0.317 e. The van der Waals surface area contributed by atoms with E-state index in [2.05, 4.69) is 5.32 Å². The Bertz CT molecular complexity index is 197. The lowest BCUT2D eigenvalue weighted by Gasteiger charge is -2.18. The molecule has 0 bridgehead atoms. The van der Waals surface area contributed by atoms with Gasteiger partial charge in [0, 0.05) is 19.6 Å². The van der Waals surface area contributed by atoms with Crippen molar-refractivity contribution >= 4 is 12.0 Å². The highest BCUT2D eigenvalue weighted by atomic mass is 16.4. The molecular weight excluding hydrogens is 190 g/mol. The molecule has 0 saturated carbocycles. The molecule has 0 aromatic heterocycles. The molecule has 0 spiro atoms. The van der Waals surface area contributed by atoms with Gasteiger partial charge in [0.15, 0.2) is 0 Å². The van der Waals surface area contributed by atoms with Crippen LogP contribution < -0.4 is 11.1 Å². The number of nitrogens with two attached hydrogens (primary N) is 1. The molecule has 0 aliphatic rings. The number of amides is 2. The molecule has 0 rings (SSSR count). The van der Waals surface area contributed by atoms with Crippen molar-refractivity contribution in [1.29, 1.82) is 0 Å². The van der Waals surface area contributed by atoms with Crippen molar-refractivity contribution in [2.45, 2.75) is 0 Å². The number of nitrogens with one attached hydrogen (secondary N) is 1. The monoisotopic (exact) mass is 205 g/mol. The summed E-state index contributed by atoms with van der Waals surface area (Å²) in [5.74, 6) is -0.975. The Kier molecular flexibility index (Phi) is 6.42. The van der Waals surface area contributed by atoms with Gasteiger partial charge >= 0.3 is 12.0 Å². The Labute approximate surface area is 81.5 Å². The molecule has 0 radical (unpaired) electrons. The lowest BCUT2D eigenvalue weighted by Crippen LogP contribution is -2.40. The maximum atomic E-state index is 10.3. The third-order valence-electron chi connectivity index (χ3n) is 1.50. The normalized spacial score (nSPS) is 10.1. The lowest BCUT2D eigenvalue weighted by molar-refractivity contribution is -0.138. The maximum Gasteiger partial charge on any atom is 0.317 e. The zero-order chi connectivity index (χ0) is 11.0. The maximum absolute atomic E-state index is 10.3. The van der Waals surface area contributed by atoms with Crippen molar-refractivity contribution in [2.75, 3.05) is 32.8 Å². The van der Waals surface area contributed by atoms with E-state index < -0.39 is 12.0 Å². The summed E-state index contributed by atoms with van der Waals surface area (Å²) in [6.45, 7) is 0.579. The number of carbonyl (C=O) groups excluding carboxylic acids is 1. The average Bonchev–Trinajstić information content (AvgIpc) is 2.02. The summed E-state index contributed by atoms with van der Waals surface area (Å²) in [4.78, 5) is 22.1. The van der Waals surface area contributed by atoms with Gasteiger partial charge in [-0.15, -0.1) is 0 Å². The molecule has 0 fully saturated rings. The van der Waals surface area contributed by atoms with Gasteiger partial charge in [0.2, 0.25) is 0 Å². The number of aliphatic carboxylic acids is 1. The van der Waals surface area contributed by atoms with E-state index in [1.54, 1.807) is 0 Å². The Morgan fingerprint density at radius 2 is 2.00 bits per heavy atom. The highest BCUT2D eigenvalue weighted by molar-refractivity contribution is 5.71. The molecule has 82 valence electrons. The number of carboxylic acid groups (broad SMARTS) is 1. The quantitative estimate of drug-likeness (QED) is 0.385. The minimum absolute atomic E-state index is 0.121. The molecule has 0 aromatic rings. The van der Waals surface area contributed by atoms with Crippen molar-refractivity contribution in [2.24, 2.45) is 5.73 Å². The Morgan fingerprint density at radius 1 is 1.36 bits per heavy atom. The second-order valence-electron chi connectivity index (χ2n) is 2.68. The van der Waals surface area contributed by atoms with Crippen molar-refractivity contribution in [1.82, 2.24) is 10.2 Å². The third kappa shape index (κ3) is 7.32. The van der Waals surface area contributed by atoms with Gasteiger partial charge in [0.05, 0.1) is 13.2 Å². The summed E-state index contributed by atoms with van der Waals surface area (Å²) in [5.41, 5.74) is 4.82. The van der Waals surface area contributed by atoms with Crippen LogP contribution in [0, 0.1) is 0 Å². The van der Waals surface area contributed by atoms with Crippen LogP contribution in [0.5, 0.6) is 0 Å². The molecule has 0 atom stereocenters. The molecule has 2 amide bonds. The predicted molar refractivity (Wildman–Crippen MR) is 48.7 cm³/mol. The molecule has 0 saturated heterocycles. The van der Waals surface area contributed by atoms with E-state index in [-0.39, 0.29) is 26.2 Å². The van der Waals surface area contributed by atoms with E-state index in [1.165, 1.54) is 4.90 Å². The van der Waals surface area contributed by atoms with Gasteiger partial charge in [-0.05, 0) is 0 Å². The molecule has 0 aliphatic carbocycles. The topological polar surface area (TPSA) is 116 Å². The van der Waals surface area contributed by atoms with E-state index in [0.717, 1.165) is 0 Å². The van der Waals surface area contributed by atoms with Crippen molar-refractivity contribution in [3.63, 3.8) is 0 Å². The van der Waals surface area contributed by atoms with Gasteiger partial charge < -0.3 is 21.3 Å². The number of carboxylic acids is 1. The molecule has 0 heterocycles. The third-order valence-corrected chi connectivity index (χ3v) is 1.50. The Hall–Kier alpha value is -1.34. The predicted octanol–water partition coefficient (Wildman–Crippen LogP) is -1.97. The van der Waals surface area contributed by atoms with Gasteiger partial charge in [-0.2, -0.15) is 0 Å². The first kappa shape index (κ1) is 12.7. The summed E-state index contributed by atoms with van der Waals surface area (Å²) < 4.78 is 0. The number of carbonyl (C=O) groups is 2. The van der Waals surface area contributed by atoms with Crippen molar-refractivity contribution < 1.29 is 19.8 Å². The molecule has 5 N–H and O–H groups in total. The molecular formula is C7H15N3O4. The fourth-order valence-electron chi connectivity index (χ4n) is 0.940. The first-order valence-electron chi connectivity index (χ1n) is 4.14. The molecule has 7 heteroatoms. The van der Waals surface area contributed by atoms with E-state index in [9.17, 15) is 9.59 Å². The van der Waals surface area contributed by atoms with Crippen LogP contribution in [0.1, 0.15) is 0 Å². The highest BCUT2D eigenvalue weighted by Crippen LogP contribution is 1.86. The minimum atomic E-state index is -0.975. The number of aliphatic hydroxyl groups excluding tert-OH is 1. The Morgan fingerprint density at radius 3 is 2.43 bits per heavy atom. The summed E-state index contributed by atoms with van der Waals surface area (Å²) in [5, 5.41) is 19.4. The number of urea groups is 1. The average molecular weight is 205 g/mol. The molecule has 14 heavy (non-hydrogen) atoms. The van der Waals surface area contributed by atoms with E-state index in [0.29, 0.717) is 6.54 Å². The Balaban J connectivity index is 3.72. The second-order valence-corrected chi connectivity index (χ2v) is 2.68. The largest absolute Gasteiger partial charge is 0.480 e. The number of nitrogens with zero attached hydrogens (tertiary/aromatic N) is 1. The zero-order valence-electron chi connectivity index (χ0n) is 7.77. The number of aliphatic hydroxyl groups is 1. The van der Waals surface area contributed by atoms with Crippen molar-refractivity contribution in [3.8, 4) is 0 Å². The first-order chi connectivity index (χ1) is 6.56. The summed E-state index contributed by atoms with van der Waals surface area (Å²) >= 11 is 0. The van der Waals surface area contributed by atoms with E-state index in [4.69, 9.17) is 15.9 Å². The van der Waals surface area contributed by atoms with Gasteiger partial charge in [0.1, 0.15) is 0 Å². The zero-order valence-corrected chi connectivity index (χ0v) is 7.77. The van der Waals surface area contributed by atoms with Gasteiger partial charge in [0.25, 0.3) is 0 Å². The van der Waals surface area contributed by atoms with E-state index in [1.807, 2.05) is 0 Å². The first-order valence-corrected chi connectivity index (χ1v) is 4.14. The fourth-order valence-corrected chi connectivity index (χ4v) is 0.940. The SMILES string of the molecule is NC(=O)NCCN(CCO)CC(=O)O. The van der Waals surface area contributed by atoms with Gasteiger partial charge in [-0.1, -0.05) is 0 Å². The van der Waals surface area contributed by atoms with Gasteiger partial charge in [-0.3, -0.25) is 9.69 Å². The van der Waals surface area contributed by atoms with Crippen LogP contribution in [-0.4, -0.2) is 59.9 Å². The number of primary amides is 1. The molecule has 0 aliphatic heterocycles. The lowest BCUT2D eigenvalue weighted by atomic mass is 10.4. The molecule has 0 unspecified atom stereocenters. The minimum Gasteiger partial charge on any atom is -0.480 e. The highest BCUT2D eigenvalue weighted by Gasteiger charge is 2.08. The summed E-state index contributed by atoms with van der Waals surface area (Å²) in [6, 6.07) is -0.649. The number of hydrogen-bond acceptors (Lipinski definition) is 4. The molecule has 7 nitrogen and oxygen atoms in total. The molecule has 0 aromatic carbocycles. The standard InChI is InChI=1S/C7H15N3O4/c8-7(14)9-1-2-10(3-4-11)5-6(12)13/h11H,1-5H2,(H,12,13)(H3,8,9,14). The number of rotatable bonds is 7. The fraction of sp³-hybridized carbons (Fsp3) is 0.714. The number of hydrogen-bond donors (Lipinski definition) is 4. The summed E-state index contributed by atoms with van der Waals surface area (Å²) in [6.07, 6.45) is 0. The van der Waals surface area contributed by atoms with Gasteiger partial charge in [-0.25, -0.2) is 4.79 Å². The van der Waals surface area contributed by atoms with Crippen LogP contribution in [0.15, 0.2) is 0 Å². The van der Waals surface area contributed by atoms with Crippen LogP contribution in [0.25, 0.3) is 0 Å². The summed E-state index contributed by atoms with van der Waals surface area (Å²) in [7, 11) is 0. The van der Waals surface area contributed by atoms with Crippen LogP contribution in [0.2, 0.25) is 0 Å². The van der Waals surface area contributed by atoms with Crippen LogP contribution in [-0.2, 0) is 4.79 Å².